The number of hydrogen-bond acceptors (Lipinski definition) is 2. The van der Waals surface area contributed by atoms with E-state index in [9.17, 15) is 9.90 Å². The predicted molar refractivity (Wildman–Crippen MR) is 177 cm³/mol. The van der Waals surface area contributed by atoms with E-state index in [2.05, 4.69) is 56.9 Å². The summed E-state index contributed by atoms with van der Waals surface area (Å²) in [6.45, 7) is 16.9. The van der Waals surface area contributed by atoms with Crippen LogP contribution in [0.25, 0.3) is 6.08 Å². The second-order valence-electron chi connectivity index (χ2n) is 16.5. The molecule has 1 aliphatic heterocycles. The van der Waals surface area contributed by atoms with Gasteiger partial charge >= 0.3 is 0 Å². The van der Waals surface area contributed by atoms with Gasteiger partial charge in [-0.1, -0.05) is 57.7 Å². The number of nitrogens with one attached hydrogen (secondary N) is 1. The molecule has 5 heteroatoms. The van der Waals surface area contributed by atoms with E-state index in [0.717, 1.165) is 73.0 Å². The number of carbonyl (C=O) groups is 1. The lowest BCUT2D eigenvalue weighted by molar-refractivity contribution is -0.928. The summed E-state index contributed by atoms with van der Waals surface area (Å²) in [6.07, 6.45) is 17.7. The number of quaternary nitrogens is 1. The van der Waals surface area contributed by atoms with Gasteiger partial charge in [-0.05, 0) is 116 Å². The Bertz CT molecular complexity index is 1130. The van der Waals surface area contributed by atoms with Gasteiger partial charge in [0, 0.05) is 24.8 Å². The van der Waals surface area contributed by atoms with Gasteiger partial charge in [0.1, 0.15) is 6.54 Å². The fourth-order valence-corrected chi connectivity index (χ4v) is 11.9. The summed E-state index contributed by atoms with van der Waals surface area (Å²) in [5.41, 5.74) is 3.47. The van der Waals surface area contributed by atoms with Crippen LogP contribution in [0.5, 0.6) is 0 Å². The SMILES string of the molecule is C=Cc1ccc(C[N+]2(CCNC(=O)CC[C@@H](C)[C@H]3CCC4C5CCC6C[C@H](O)CC[C@]6(C)C5CC[C@@]43C)CCCC2)cc1.[Cl-]. The average molecular weight is 625 g/mol. The van der Waals surface area contributed by atoms with Crippen LogP contribution in [-0.2, 0) is 11.3 Å². The molecular weight excluding hydrogens is 564 g/mol. The van der Waals surface area contributed by atoms with Crippen LogP contribution in [0.3, 0.4) is 0 Å². The zero-order chi connectivity index (χ0) is 30.2. The smallest absolute Gasteiger partial charge is 0.220 e. The highest BCUT2D eigenvalue weighted by atomic mass is 35.5. The Morgan fingerprint density at radius 2 is 1.73 bits per heavy atom. The first-order chi connectivity index (χ1) is 20.7. The predicted octanol–water partition coefficient (Wildman–Crippen LogP) is 5.00. The van der Waals surface area contributed by atoms with E-state index >= 15 is 0 Å². The quantitative estimate of drug-likeness (QED) is 0.360. The summed E-state index contributed by atoms with van der Waals surface area (Å²) < 4.78 is 1.11. The molecule has 6 rings (SSSR count). The molecule has 4 aliphatic carbocycles. The largest absolute Gasteiger partial charge is 1.00 e. The van der Waals surface area contributed by atoms with Crippen molar-refractivity contribution >= 4 is 12.0 Å². The van der Waals surface area contributed by atoms with E-state index in [1.165, 1.54) is 82.0 Å². The molecule has 246 valence electrons. The Kier molecular flexibility index (Phi) is 10.6. The lowest BCUT2D eigenvalue weighted by Crippen LogP contribution is -3.00. The van der Waals surface area contributed by atoms with Crippen LogP contribution in [0.15, 0.2) is 30.8 Å². The summed E-state index contributed by atoms with van der Waals surface area (Å²) in [5.74, 6) is 4.99. The summed E-state index contributed by atoms with van der Waals surface area (Å²) >= 11 is 0. The summed E-state index contributed by atoms with van der Waals surface area (Å²) in [5, 5.41) is 13.7. The maximum atomic E-state index is 13.1. The van der Waals surface area contributed by atoms with Gasteiger partial charge in [0.15, 0.2) is 0 Å². The number of benzene rings is 1. The van der Waals surface area contributed by atoms with Gasteiger partial charge in [-0.3, -0.25) is 4.79 Å². The van der Waals surface area contributed by atoms with Crippen LogP contribution >= 0.6 is 0 Å². The minimum absolute atomic E-state index is 0. The number of aliphatic hydroxyl groups excluding tert-OH is 1. The summed E-state index contributed by atoms with van der Waals surface area (Å²) in [7, 11) is 0. The first-order valence-electron chi connectivity index (χ1n) is 18.2. The normalized spacial score (nSPS) is 38.0. The van der Waals surface area contributed by atoms with Crippen LogP contribution in [0.4, 0.5) is 0 Å². The van der Waals surface area contributed by atoms with Crippen LogP contribution in [0.2, 0.25) is 0 Å². The van der Waals surface area contributed by atoms with Crippen molar-refractivity contribution in [3.05, 3.63) is 42.0 Å². The molecular formula is C39H61ClN2O2. The number of carbonyl (C=O) groups excluding carboxylic acids is 1. The van der Waals surface area contributed by atoms with Crippen molar-refractivity contribution in [2.75, 3.05) is 26.2 Å². The van der Waals surface area contributed by atoms with Gasteiger partial charge in [-0.2, -0.15) is 0 Å². The van der Waals surface area contributed by atoms with E-state index < -0.39 is 0 Å². The molecule has 4 unspecified atom stereocenters. The number of nitrogens with zero attached hydrogens (tertiary/aromatic N) is 1. The Balaban J connectivity index is 0.00000384. The number of aliphatic hydroxyl groups is 1. The molecule has 0 spiro atoms. The zero-order valence-corrected chi connectivity index (χ0v) is 28.8. The van der Waals surface area contributed by atoms with Crippen molar-refractivity contribution in [1.29, 1.82) is 0 Å². The first kappa shape index (κ1) is 34.0. The van der Waals surface area contributed by atoms with Gasteiger partial charge in [-0.15, -0.1) is 0 Å². The third-order valence-corrected chi connectivity index (χ3v) is 14.4. The van der Waals surface area contributed by atoms with Gasteiger partial charge < -0.3 is 27.3 Å². The molecule has 0 aromatic heterocycles. The van der Waals surface area contributed by atoms with Crippen LogP contribution < -0.4 is 17.7 Å². The van der Waals surface area contributed by atoms with E-state index in [0.29, 0.717) is 23.2 Å². The Hall–Kier alpha value is -1.36. The average Bonchev–Trinajstić information content (AvgIpc) is 3.61. The molecule has 5 fully saturated rings. The molecule has 44 heavy (non-hydrogen) atoms. The molecule has 1 saturated heterocycles. The lowest BCUT2D eigenvalue weighted by Gasteiger charge is -2.61. The fraction of sp³-hybridized carbons (Fsp3) is 0.769. The van der Waals surface area contributed by atoms with E-state index in [4.69, 9.17) is 0 Å². The number of halogens is 1. The van der Waals surface area contributed by atoms with Gasteiger partial charge in [0.05, 0.1) is 32.3 Å². The minimum Gasteiger partial charge on any atom is -1.00 e. The first-order valence-corrected chi connectivity index (χ1v) is 18.2. The van der Waals surface area contributed by atoms with Crippen molar-refractivity contribution in [2.45, 2.75) is 117 Å². The fourth-order valence-electron chi connectivity index (χ4n) is 11.9. The molecule has 2 N–H and O–H groups in total. The molecule has 1 aromatic carbocycles. The Morgan fingerprint density at radius 1 is 1.02 bits per heavy atom. The number of fused-ring (bicyclic) bond motifs is 5. The van der Waals surface area contributed by atoms with E-state index in [1.807, 2.05) is 6.08 Å². The summed E-state index contributed by atoms with van der Waals surface area (Å²) in [4.78, 5) is 13.1. The zero-order valence-electron chi connectivity index (χ0n) is 28.0. The molecule has 9 atom stereocenters. The standard InChI is InChI=1S/C39H60N2O2.ClH/c1-5-29-9-11-30(12-10-29)27-41(23-6-7-24-41)25-22-40-37(43)17-8-28(2)34-15-16-35-33-14-13-31-26-32(42)18-20-38(31,3)36(33)19-21-39(34,35)4;/h5,9-12,28,31-36,42H,1,6-8,13-27H2,2-4H3;1H/t28-,31?,32-,33?,34-,35?,36?,38+,39-;/m1./s1. The van der Waals surface area contributed by atoms with Crippen molar-refractivity contribution in [1.82, 2.24) is 5.32 Å². The molecule has 4 nitrogen and oxygen atoms in total. The highest BCUT2D eigenvalue weighted by Gasteiger charge is 2.60. The number of likely N-dealkylation sites (tertiary alicyclic amines) is 1. The van der Waals surface area contributed by atoms with Gasteiger partial charge in [0.25, 0.3) is 0 Å². The maximum Gasteiger partial charge on any atom is 0.220 e. The van der Waals surface area contributed by atoms with Crippen molar-refractivity contribution in [3.63, 3.8) is 0 Å². The molecule has 1 aromatic rings. The van der Waals surface area contributed by atoms with Crippen LogP contribution in [0.1, 0.15) is 115 Å². The molecule has 0 radical (unpaired) electrons. The lowest BCUT2D eigenvalue weighted by atomic mass is 9.44. The number of rotatable bonds is 10. The molecule has 5 aliphatic rings. The van der Waals surface area contributed by atoms with Gasteiger partial charge in [-0.25, -0.2) is 0 Å². The molecule has 1 amide bonds. The molecule has 1 heterocycles. The van der Waals surface area contributed by atoms with E-state index in [-0.39, 0.29) is 24.4 Å². The number of hydrogen-bond donors (Lipinski definition) is 2. The van der Waals surface area contributed by atoms with Crippen molar-refractivity contribution in [2.24, 2.45) is 46.3 Å². The second-order valence-corrected chi connectivity index (χ2v) is 16.5. The summed E-state index contributed by atoms with van der Waals surface area (Å²) in [6, 6.07) is 8.85. The topological polar surface area (TPSA) is 49.3 Å². The minimum atomic E-state index is -0.0548. The Labute approximate surface area is 274 Å². The highest BCUT2D eigenvalue weighted by Crippen LogP contribution is 2.68. The van der Waals surface area contributed by atoms with Crippen molar-refractivity contribution < 1.29 is 26.8 Å². The third-order valence-electron chi connectivity index (χ3n) is 14.4. The molecule has 0 bridgehead atoms. The second kappa shape index (κ2) is 13.8. The Morgan fingerprint density at radius 3 is 2.45 bits per heavy atom. The number of amides is 1. The van der Waals surface area contributed by atoms with Crippen LogP contribution in [0, 0.1) is 46.3 Å². The van der Waals surface area contributed by atoms with Crippen molar-refractivity contribution in [3.8, 4) is 0 Å². The third kappa shape index (κ3) is 6.56. The van der Waals surface area contributed by atoms with Gasteiger partial charge in [0.2, 0.25) is 5.91 Å². The van der Waals surface area contributed by atoms with Crippen LogP contribution in [-0.4, -0.2) is 47.8 Å². The van der Waals surface area contributed by atoms with E-state index in [1.54, 1.807) is 0 Å². The maximum absolute atomic E-state index is 13.1. The molecule has 4 saturated carbocycles. The highest BCUT2D eigenvalue weighted by molar-refractivity contribution is 5.75. The monoisotopic (exact) mass is 624 g/mol.